The molecule has 1 saturated heterocycles. The van der Waals surface area contributed by atoms with E-state index < -0.39 is 0 Å². The number of nitrogens with one attached hydrogen (secondary N) is 1. The molecular weight excluding hydrogens is 410 g/mol. The maximum Gasteiger partial charge on any atom is 0.318 e. The highest BCUT2D eigenvalue weighted by atomic mass is 35.5. The fourth-order valence-electron chi connectivity index (χ4n) is 4.53. The zero-order valence-electron chi connectivity index (χ0n) is 17.6. The minimum atomic E-state index is -0.224. The van der Waals surface area contributed by atoms with Crippen LogP contribution < -0.4 is 5.32 Å². The van der Waals surface area contributed by atoms with Gasteiger partial charge in [0.2, 0.25) is 0 Å². The maximum absolute atomic E-state index is 13.3. The topological polar surface area (TPSA) is 63.1 Å². The molecule has 1 N–H and O–H groups in total. The van der Waals surface area contributed by atoms with Crippen molar-refractivity contribution in [2.45, 2.75) is 50.7 Å². The zero-order chi connectivity index (χ0) is 21.4. The molecule has 0 spiro atoms. The molecule has 2 amide bonds. The summed E-state index contributed by atoms with van der Waals surface area (Å²) in [5.74, 6) is 1.70. The minimum absolute atomic E-state index is 0.0115. The molecule has 3 aromatic rings. The van der Waals surface area contributed by atoms with Gasteiger partial charge in [0.25, 0.3) is 0 Å². The Balaban J connectivity index is 1.36. The molecule has 1 unspecified atom stereocenters. The van der Waals surface area contributed by atoms with Gasteiger partial charge < -0.3 is 14.8 Å². The summed E-state index contributed by atoms with van der Waals surface area (Å²) in [7, 11) is 0. The fraction of sp³-hybridized carbons (Fsp3) is 0.375. The van der Waals surface area contributed by atoms with E-state index in [-0.39, 0.29) is 17.6 Å². The number of aryl methyl sites for hydroxylation is 1. The molecule has 2 aromatic carbocycles. The predicted molar refractivity (Wildman–Crippen MR) is 120 cm³/mol. The van der Waals surface area contributed by atoms with Crippen molar-refractivity contribution in [3.63, 3.8) is 0 Å². The first kappa shape index (κ1) is 20.1. The number of benzene rings is 2. The van der Waals surface area contributed by atoms with Crippen LogP contribution >= 0.6 is 11.6 Å². The third kappa shape index (κ3) is 3.92. The standard InChI is InChI=1S/C24H26ClN5O/c1-17-27-28-22(30(17)16-18-9-11-20(25)12-10-18)21-8-5-15-29(21)23(31)26-24(13-14-24)19-6-3-2-4-7-19/h2-4,6-7,9-12,21H,5,8,13-16H2,1H3,(H,26,31). The Morgan fingerprint density at radius 2 is 1.87 bits per heavy atom. The first-order valence-corrected chi connectivity index (χ1v) is 11.2. The summed E-state index contributed by atoms with van der Waals surface area (Å²) in [6.07, 6.45) is 3.81. The van der Waals surface area contributed by atoms with E-state index in [1.807, 2.05) is 54.3 Å². The number of rotatable bonds is 5. The van der Waals surface area contributed by atoms with Crippen molar-refractivity contribution in [1.29, 1.82) is 0 Å². The number of carbonyl (C=O) groups excluding carboxylic acids is 1. The van der Waals surface area contributed by atoms with Crippen LogP contribution in [0.2, 0.25) is 5.02 Å². The number of hydrogen-bond acceptors (Lipinski definition) is 3. The van der Waals surface area contributed by atoms with Crippen LogP contribution in [0.4, 0.5) is 4.79 Å². The Kier molecular flexibility index (Phi) is 5.18. The molecule has 6 nitrogen and oxygen atoms in total. The average molecular weight is 436 g/mol. The molecule has 2 heterocycles. The molecular formula is C24H26ClN5O. The molecule has 1 saturated carbocycles. The molecule has 7 heteroatoms. The molecule has 1 atom stereocenters. The Hall–Kier alpha value is -2.86. The minimum Gasteiger partial charge on any atom is -0.328 e. The third-order valence-corrected chi connectivity index (χ3v) is 6.70. The summed E-state index contributed by atoms with van der Waals surface area (Å²) < 4.78 is 2.11. The van der Waals surface area contributed by atoms with Gasteiger partial charge in [-0.3, -0.25) is 0 Å². The van der Waals surface area contributed by atoms with E-state index in [0.717, 1.165) is 54.5 Å². The number of carbonyl (C=O) groups is 1. The van der Waals surface area contributed by atoms with Gasteiger partial charge in [-0.25, -0.2) is 4.79 Å². The molecule has 2 aliphatic rings. The Labute approximate surface area is 187 Å². The maximum atomic E-state index is 13.3. The third-order valence-electron chi connectivity index (χ3n) is 6.45. The summed E-state index contributed by atoms with van der Waals surface area (Å²) in [5, 5.41) is 12.9. The van der Waals surface area contributed by atoms with Crippen molar-refractivity contribution in [2.75, 3.05) is 6.54 Å². The van der Waals surface area contributed by atoms with Gasteiger partial charge >= 0.3 is 6.03 Å². The van der Waals surface area contributed by atoms with Gasteiger partial charge in [0.15, 0.2) is 5.82 Å². The number of amides is 2. The van der Waals surface area contributed by atoms with Gasteiger partial charge in [0.1, 0.15) is 5.82 Å². The van der Waals surface area contributed by atoms with Gasteiger partial charge in [-0.2, -0.15) is 0 Å². The second-order valence-electron chi connectivity index (χ2n) is 8.55. The molecule has 0 radical (unpaired) electrons. The smallest absolute Gasteiger partial charge is 0.318 e. The van der Waals surface area contributed by atoms with Crippen LogP contribution in [0.25, 0.3) is 0 Å². The lowest BCUT2D eigenvalue weighted by atomic mass is 10.1. The first-order chi connectivity index (χ1) is 15.1. The van der Waals surface area contributed by atoms with Crippen molar-refractivity contribution in [1.82, 2.24) is 25.0 Å². The first-order valence-electron chi connectivity index (χ1n) is 10.8. The molecule has 160 valence electrons. The van der Waals surface area contributed by atoms with E-state index in [9.17, 15) is 4.79 Å². The lowest BCUT2D eigenvalue weighted by Crippen LogP contribution is -2.45. The number of hydrogen-bond donors (Lipinski definition) is 1. The fourth-order valence-corrected chi connectivity index (χ4v) is 4.66. The lowest BCUT2D eigenvalue weighted by Gasteiger charge is -2.28. The summed E-state index contributed by atoms with van der Waals surface area (Å²) >= 11 is 6.03. The van der Waals surface area contributed by atoms with Crippen molar-refractivity contribution in [3.05, 3.63) is 82.4 Å². The van der Waals surface area contributed by atoms with Crippen LogP contribution in [0.15, 0.2) is 54.6 Å². The van der Waals surface area contributed by atoms with E-state index in [2.05, 4.69) is 32.2 Å². The van der Waals surface area contributed by atoms with Crippen LogP contribution in [0.5, 0.6) is 0 Å². The van der Waals surface area contributed by atoms with Crippen LogP contribution in [0.3, 0.4) is 0 Å². The number of nitrogens with zero attached hydrogens (tertiary/aromatic N) is 4. The van der Waals surface area contributed by atoms with Crippen molar-refractivity contribution < 1.29 is 4.79 Å². The quantitative estimate of drug-likeness (QED) is 0.624. The molecule has 0 bridgehead atoms. The van der Waals surface area contributed by atoms with Crippen LogP contribution in [-0.4, -0.2) is 32.2 Å². The SMILES string of the molecule is Cc1nnc(C2CCCN2C(=O)NC2(c3ccccc3)CC2)n1Cc1ccc(Cl)cc1. The summed E-state index contributed by atoms with van der Waals surface area (Å²) in [4.78, 5) is 15.2. The van der Waals surface area contributed by atoms with E-state index in [1.165, 1.54) is 5.56 Å². The molecule has 1 aliphatic carbocycles. The Bertz CT molecular complexity index is 1080. The van der Waals surface area contributed by atoms with Crippen molar-refractivity contribution in [2.24, 2.45) is 0 Å². The van der Waals surface area contributed by atoms with Gasteiger partial charge in [0, 0.05) is 11.6 Å². The predicted octanol–water partition coefficient (Wildman–Crippen LogP) is 4.82. The Morgan fingerprint density at radius 3 is 2.58 bits per heavy atom. The summed E-state index contributed by atoms with van der Waals surface area (Å²) in [6, 6.07) is 18.0. The molecule has 1 aromatic heterocycles. The van der Waals surface area contributed by atoms with Crippen LogP contribution in [0, 0.1) is 6.92 Å². The van der Waals surface area contributed by atoms with Gasteiger partial charge in [0.05, 0.1) is 18.1 Å². The molecule has 2 fully saturated rings. The number of urea groups is 1. The van der Waals surface area contributed by atoms with E-state index >= 15 is 0 Å². The Morgan fingerprint density at radius 1 is 1.13 bits per heavy atom. The second-order valence-corrected chi connectivity index (χ2v) is 8.98. The monoisotopic (exact) mass is 435 g/mol. The lowest BCUT2D eigenvalue weighted by molar-refractivity contribution is 0.184. The molecule has 1 aliphatic heterocycles. The van der Waals surface area contributed by atoms with Crippen LogP contribution in [0.1, 0.15) is 54.5 Å². The average Bonchev–Trinajstić information content (AvgIpc) is 3.24. The van der Waals surface area contributed by atoms with E-state index in [1.54, 1.807) is 0 Å². The van der Waals surface area contributed by atoms with Gasteiger partial charge in [-0.05, 0) is 55.9 Å². The van der Waals surface area contributed by atoms with E-state index in [0.29, 0.717) is 6.54 Å². The summed E-state index contributed by atoms with van der Waals surface area (Å²) in [5.41, 5.74) is 2.09. The molecule has 31 heavy (non-hydrogen) atoms. The summed E-state index contributed by atoms with van der Waals surface area (Å²) in [6.45, 7) is 3.35. The number of aromatic nitrogens is 3. The number of halogens is 1. The highest BCUT2D eigenvalue weighted by Crippen LogP contribution is 2.46. The normalized spacial score (nSPS) is 19.4. The highest BCUT2D eigenvalue weighted by molar-refractivity contribution is 6.30. The van der Waals surface area contributed by atoms with Crippen molar-refractivity contribution >= 4 is 17.6 Å². The largest absolute Gasteiger partial charge is 0.328 e. The zero-order valence-corrected chi connectivity index (χ0v) is 18.3. The molecule has 5 rings (SSSR count). The van der Waals surface area contributed by atoms with Gasteiger partial charge in [-0.15, -0.1) is 10.2 Å². The highest BCUT2D eigenvalue weighted by Gasteiger charge is 2.47. The number of likely N-dealkylation sites (tertiary alicyclic amines) is 1. The van der Waals surface area contributed by atoms with Gasteiger partial charge in [-0.1, -0.05) is 54.1 Å². The van der Waals surface area contributed by atoms with Crippen molar-refractivity contribution in [3.8, 4) is 0 Å². The van der Waals surface area contributed by atoms with Crippen LogP contribution in [-0.2, 0) is 12.1 Å². The van der Waals surface area contributed by atoms with E-state index in [4.69, 9.17) is 11.6 Å². The second kappa shape index (κ2) is 8.00.